The molecule has 1 fully saturated rings. The van der Waals surface area contributed by atoms with Crippen molar-refractivity contribution in [2.45, 2.75) is 38.6 Å². The molecule has 5 nitrogen and oxygen atoms in total. The summed E-state index contributed by atoms with van der Waals surface area (Å²) >= 11 is 0. The van der Waals surface area contributed by atoms with Crippen molar-refractivity contribution in [3.05, 3.63) is 0 Å². The molecule has 2 atom stereocenters. The maximum Gasteiger partial charge on any atom is 0.246 e. The minimum Gasteiger partial charge on any atom is -0.368 e. The molecule has 2 unspecified atom stereocenters. The van der Waals surface area contributed by atoms with Gasteiger partial charge >= 0.3 is 0 Å². The average molecular weight is 209 g/mol. The van der Waals surface area contributed by atoms with Crippen molar-refractivity contribution in [1.82, 2.24) is 15.2 Å². The number of rotatable bonds is 2. The van der Waals surface area contributed by atoms with Gasteiger partial charge in [0.15, 0.2) is 0 Å². The second kappa shape index (κ2) is 4.08. The Kier molecular flexibility index (Phi) is 2.79. The highest BCUT2D eigenvalue weighted by atomic mass is 15.4. The second-order valence-corrected chi connectivity index (χ2v) is 4.46. The summed E-state index contributed by atoms with van der Waals surface area (Å²) in [5.41, 5.74) is 5.52. The molecule has 3 N–H and O–H groups in total. The Hall–Kier alpha value is -1.26. The van der Waals surface area contributed by atoms with Gasteiger partial charge in [-0.25, -0.2) is 5.10 Å². The third kappa shape index (κ3) is 2.06. The van der Waals surface area contributed by atoms with E-state index in [4.69, 9.17) is 5.73 Å². The predicted molar refractivity (Wildman–Crippen MR) is 60.6 cm³/mol. The number of aromatic nitrogens is 3. The van der Waals surface area contributed by atoms with Crippen LogP contribution in [-0.2, 0) is 0 Å². The van der Waals surface area contributed by atoms with Crippen molar-refractivity contribution in [3.8, 4) is 0 Å². The molecule has 0 spiro atoms. The molecular formula is C10H19N5. The molecule has 0 aromatic carbocycles. The van der Waals surface area contributed by atoms with E-state index >= 15 is 0 Å². The van der Waals surface area contributed by atoms with Crippen LogP contribution in [0.15, 0.2) is 0 Å². The summed E-state index contributed by atoms with van der Waals surface area (Å²) in [6, 6.07) is 0.550. The van der Waals surface area contributed by atoms with Crippen LogP contribution in [0.5, 0.6) is 0 Å². The fourth-order valence-electron chi connectivity index (χ4n) is 2.44. The van der Waals surface area contributed by atoms with Crippen molar-refractivity contribution in [2.75, 3.05) is 17.7 Å². The van der Waals surface area contributed by atoms with Gasteiger partial charge in [-0.2, -0.15) is 4.98 Å². The normalized spacial score (nSPS) is 26.5. The zero-order valence-corrected chi connectivity index (χ0v) is 9.40. The Labute approximate surface area is 90.1 Å². The van der Waals surface area contributed by atoms with E-state index in [0.29, 0.717) is 23.9 Å². The van der Waals surface area contributed by atoms with Crippen LogP contribution in [0.3, 0.4) is 0 Å². The van der Waals surface area contributed by atoms with Gasteiger partial charge in [0.2, 0.25) is 11.9 Å². The highest BCUT2D eigenvalue weighted by Crippen LogP contribution is 2.28. The average Bonchev–Trinajstić information content (AvgIpc) is 2.65. The molecule has 1 heterocycles. The maximum atomic E-state index is 5.52. The third-order valence-electron chi connectivity index (χ3n) is 3.37. The molecule has 1 aromatic heterocycles. The Morgan fingerprint density at radius 1 is 1.40 bits per heavy atom. The Morgan fingerprint density at radius 3 is 2.73 bits per heavy atom. The maximum absolute atomic E-state index is 5.52. The van der Waals surface area contributed by atoms with E-state index in [1.54, 1.807) is 0 Å². The summed E-state index contributed by atoms with van der Waals surface area (Å²) in [6.07, 6.45) is 5.18. The summed E-state index contributed by atoms with van der Waals surface area (Å²) in [5, 5.41) is 6.77. The van der Waals surface area contributed by atoms with Crippen molar-refractivity contribution in [2.24, 2.45) is 5.92 Å². The van der Waals surface area contributed by atoms with Crippen molar-refractivity contribution in [3.63, 3.8) is 0 Å². The number of aromatic amines is 1. The molecule has 1 saturated carbocycles. The standard InChI is InChI=1S/C10H19N5/c1-7-5-3-4-6-8(7)15(2)10-12-9(11)13-14-10/h7-8H,3-6H2,1-2H3,(H3,11,12,13,14). The molecule has 0 amide bonds. The fourth-order valence-corrected chi connectivity index (χ4v) is 2.44. The van der Waals surface area contributed by atoms with Gasteiger partial charge in [0.1, 0.15) is 0 Å². The van der Waals surface area contributed by atoms with Crippen molar-refractivity contribution < 1.29 is 0 Å². The summed E-state index contributed by atoms with van der Waals surface area (Å²) in [4.78, 5) is 6.31. The van der Waals surface area contributed by atoms with Gasteiger partial charge < -0.3 is 10.6 Å². The molecule has 84 valence electrons. The van der Waals surface area contributed by atoms with Crippen LogP contribution in [-0.4, -0.2) is 28.3 Å². The van der Waals surface area contributed by atoms with Gasteiger partial charge in [-0.3, -0.25) is 0 Å². The Balaban J connectivity index is 2.09. The monoisotopic (exact) mass is 209 g/mol. The smallest absolute Gasteiger partial charge is 0.246 e. The van der Waals surface area contributed by atoms with E-state index in [1.807, 2.05) is 0 Å². The van der Waals surface area contributed by atoms with E-state index in [-0.39, 0.29) is 0 Å². The highest BCUT2D eigenvalue weighted by molar-refractivity contribution is 5.34. The van der Waals surface area contributed by atoms with Gasteiger partial charge in [0.05, 0.1) is 0 Å². The summed E-state index contributed by atoms with van der Waals surface area (Å²) in [5.74, 6) is 1.81. The lowest BCUT2D eigenvalue weighted by Gasteiger charge is -2.35. The number of hydrogen-bond acceptors (Lipinski definition) is 4. The lowest BCUT2D eigenvalue weighted by Crippen LogP contribution is -2.39. The number of nitrogens with two attached hydrogens (primary N) is 1. The number of nitrogens with one attached hydrogen (secondary N) is 1. The van der Waals surface area contributed by atoms with Crippen LogP contribution < -0.4 is 10.6 Å². The first kappa shape index (κ1) is 10.3. The van der Waals surface area contributed by atoms with Crippen LogP contribution in [0.1, 0.15) is 32.6 Å². The van der Waals surface area contributed by atoms with Crippen molar-refractivity contribution >= 4 is 11.9 Å². The lowest BCUT2D eigenvalue weighted by atomic mass is 9.85. The molecule has 1 aliphatic carbocycles. The van der Waals surface area contributed by atoms with E-state index < -0.39 is 0 Å². The number of H-pyrrole nitrogens is 1. The molecule has 2 rings (SSSR count). The molecule has 0 aliphatic heterocycles. The zero-order chi connectivity index (χ0) is 10.8. The van der Waals surface area contributed by atoms with Crippen LogP contribution in [0, 0.1) is 5.92 Å². The molecule has 0 saturated heterocycles. The van der Waals surface area contributed by atoms with Crippen molar-refractivity contribution in [1.29, 1.82) is 0 Å². The highest BCUT2D eigenvalue weighted by Gasteiger charge is 2.26. The van der Waals surface area contributed by atoms with E-state index in [0.717, 1.165) is 0 Å². The number of anilines is 2. The molecule has 0 radical (unpaired) electrons. The second-order valence-electron chi connectivity index (χ2n) is 4.46. The Morgan fingerprint density at radius 2 is 2.13 bits per heavy atom. The van der Waals surface area contributed by atoms with Crippen LogP contribution in [0.2, 0.25) is 0 Å². The molecule has 5 heteroatoms. The fraction of sp³-hybridized carbons (Fsp3) is 0.800. The van der Waals surface area contributed by atoms with E-state index in [1.165, 1.54) is 25.7 Å². The molecule has 0 bridgehead atoms. The first-order valence-electron chi connectivity index (χ1n) is 5.59. The zero-order valence-electron chi connectivity index (χ0n) is 9.40. The van der Waals surface area contributed by atoms with Crippen LogP contribution in [0.25, 0.3) is 0 Å². The summed E-state index contributed by atoms with van der Waals surface area (Å²) in [6.45, 7) is 2.30. The van der Waals surface area contributed by atoms with Crippen LogP contribution in [0.4, 0.5) is 11.9 Å². The molecule has 1 aromatic rings. The van der Waals surface area contributed by atoms with E-state index in [9.17, 15) is 0 Å². The van der Waals surface area contributed by atoms with Gasteiger partial charge in [0, 0.05) is 13.1 Å². The first-order valence-corrected chi connectivity index (χ1v) is 5.59. The van der Waals surface area contributed by atoms with Gasteiger partial charge in [-0.05, 0) is 18.8 Å². The minimum atomic E-state index is 0.389. The molecular weight excluding hydrogens is 190 g/mol. The number of nitrogen functional groups attached to an aromatic ring is 1. The van der Waals surface area contributed by atoms with Crippen LogP contribution >= 0.6 is 0 Å². The Bertz CT molecular complexity index is 321. The largest absolute Gasteiger partial charge is 0.368 e. The SMILES string of the molecule is CC1CCCCC1N(C)c1n[nH]c(N)n1. The molecule has 1 aliphatic rings. The minimum absolute atomic E-state index is 0.389. The van der Waals surface area contributed by atoms with Gasteiger partial charge in [-0.15, -0.1) is 5.10 Å². The summed E-state index contributed by atoms with van der Waals surface area (Å²) < 4.78 is 0. The topological polar surface area (TPSA) is 70.8 Å². The predicted octanol–water partition coefficient (Wildman–Crippen LogP) is 1.40. The number of hydrogen-bond donors (Lipinski definition) is 2. The first-order chi connectivity index (χ1) is 7.18. The third-order valence-corrected chi connectivity index (χ3v) is 3.37. The van der Waals surface area contributed by atoms with Gasteiger partial charge in [0.25, 0.3) is 0 Å². The summed E-state index contributed by atoms with van der Waals surface area (Å²) in [7, 11) is 2.05. The quantitative estimate of drug-likeness (QED) is 0.772. The number of nitrogens with zero attached hydrogens (tertiary/aromatic N) is 3. The van der Waals surface area contributed by atoms with E-state index in [2.05, 4.69) is 34.1 Å². The lowest BCUT2D eigenvalue weighted by molar-refractivity contribution is 0.319. The van der Waals surface area contributed by atoms with Gasteiger partial charge in [-0.1, -0.05) is 19.8 Å². The molecule has 15 heavy (non-hydrogen) atoms.